The largest absolute Gasteiger partial charge is 0.393 e. The first-order valence-electron chi connectivity index (χ1n) is 5.52. The van der Waals surface area contributed by atoms with Crippen molar-refractivity contribution in [2.24, 2.45) is 0 Å². The van der Waals surface area contributed by atoms with Crippen LogP contribution in [0.4, 0.5) is 0 Å². The maximum absolute atomic E-state index is 9.55. The molecule has 1 N–H and O–H groups in total. The van der Waals surface area contributed by atoms with Gasteiger partial charge in [-0.2, -0.15) is 11.8 Å². The Balaban J connectivity index is 1.90. The third-order valence-electron chi connectivity index (χ3n) is 3.25. The smallest absolute Gasteiger partial charge is 0.136 e. The molecule has 2 unspecified atom stereocenters. The molecule has 2 aliphatic heterocycles. The van der Waals surface area contributed by atoms with Crippen LogP contribution in [0.1, 0.15) is 30.4 Å². The van der Waals surface area contributed by atoms with E-state index < -0.39 is 0 Å². The minimum Gasteiger partial charge on any atom is -0.393 e. The maximum Gasteiger partial charge on any atom is 0.136 e. The van der Waals surface area contributed by atoms with Gasteiger partial charge in [0.05, 0.1) is 6.10 Å². The Morgan fingerprint density at radius 3 is 3.07 bits per heavy atom. The lowest BCUT2D eigenvalue weighted by atomic mass is 10.1. The highest BCUT2D eigenvalue weighted by molar-refractivity contribution is 7.99. The van der Waals surface area contributed by atoms with Gasteiger partial charge >= 0.3 is 0 Å². The van der Waals surface area contributed by atoms with E-state index in [1.165, 1.54) is 17.9 Å². The molecule has 0 aliphatic carbocycles. The van der Waals surface area contributed by atoms with Gasteiger partial charge in [0.2, 0.25) is 0 Å². The maximum atomic E-state index is 9.55. The normalized spacial score (nSPS) is 30.5. The average molecular weight is 225 g/mol. The van der Waals surface area contributed by atoms with Gasteiger partial charge in [0.1, 0.15) is 11.6 Å². The quantitative estimate of drug-likeness (QED) is 0.768. The number of aliphatic hydroxyl groups is 1. The van der Waals surface area contributed by atoms with E-state index in [1.54, 1.807) is 0 Å². The summed E-state index contributed by atoms with van der Waals surface area (Å²) < 4.78 is 2.23. The molecule has 1 aromatic heterocycles. The number of nitrogens with zero attached hydrogens (tertiary/aromatic N) is 3. The van der Waals surface area contributed by atoms with Crippen molar-refractivity contribution in [1.29, 1.82) is 0 Å². The SMILES string of the molecule is OC1CCn2c(nnc2C2CCSC2)C1. The molecule has 3 heterocycles. The lowest BCUT2D eigenvalue weighted by molar-refractivity contribution is 0.141. The molecule has 1 aromatic rings. The van der Waals surface area contributed by atoms with Crippen molar-refractivity contribution in [2.75, 3.05) is 11.5 Å². The van der Waals surface area contributed by atoms with Crippen LogP contribution in [0.3, 0.4) is 0 Å². The molecule has 82 valence electrons. The highest BCUT2D eigenvalue weighted by Crippen LogP contribution is 2.32. The fourth-order valence-electron chi connectivity index (χ4n) is 2.37. The Morgan fingerprint density at radius 2 is 2.27 bits per heavy atom. The second-order valence-corrected chi connectivity index (χ2v) is 5.48. The van der Waals surface area contributed by atoms with E-state index in [-0.39, 0.29) is 6.10 Å². The first-order valence-corrected chi connectivity index (χ1v) is 6.68. The third-order valence-corrected chi connectivity index (χ3v) is 4.42. The molecule has 2 aliphatic rings. The van der Waals surface area contributed by atoms with Crippen molar-refractivity contribution in [1.82, 2.24) is 14.8 Å². The van der Waals surface area contributed by atoms with E-state index in [9.17, 15) is 5.11 Å². The molecule has 0 saturated carbocycles. The summed E-state index contributed by atoms with van der Waals surface area (Å²) in [6.45, 7) is 0.889. The van der Waals surface area contributed by atoms with Crippen LogP contribution in [0.5, 0.6) is 0 Å². The van der Waals surface area contributed by atoms with Gasteiger partial charge in [0.15, 0.2) is 0 Å². The minimum absolute atomic E-state index is 0.215. The Morgan fingerprint density at radius 1 is 1.33 bits per heavy atom. The minimum atomic E-state index is -0.215. The molecule has 15 heavy (non-hydrogen) atoms. The van der Waals surface area contributed by atoms with E-state index in [1.807, 2.05) is 11.8 Å². The zero-order chi connectivity index (χ0) is 10.3. The second kappa shape index (κ2) is 3.79. The highest BCUT2D eigenvalue weighted by atomic mass is 32.2. The van der Waals surface area contributed by atoms with Gasteiger partial charge in [0.25, 0.3) is 0 Å². The molecule has 0 spiro atoms. The monoisotopic (exact) mass is 225 g/mol. The average Bonchev–Trinajstić information content (AvgIpc) is 2.82. The van der Waals surface area contributed by atoms with Crippen LogP contribution in [0.2, 0.25) is 0 Å². The molecule has 4 nitrogen and oxygen atoms in total. The summed E-state index contributed by atoms with van der Waals surface area (Å²) in [4.78, 5) is 0. The van der Waals surface area contributed by atoms with Gasteiger partial charge in [-0.25, -0.2) is 0 Å². The zero-order valence-electron chi connectivity index (χ0n) is 8.59. The van der Waals surface area contributed by atoms with Crippen LogP contribution < -0.4 is 0 Å². The number of thioether (sulfide) groups is 1. The van der Waals surface area contributed by atoms with Gasteiger partial charge in [-0.15, -0.1) is 10.2 Å². The topological polar surface area (TPSA) is 50.9 Å². The van der Waals surface area contributed by atoms with Crippen molar-refractivity contribution in [3.05, 3.63) is 11.6 Å². The lowest BCUT2D eigenvalue weighted by Gasteiger charge is -2.20. The zero-order valence-corrected chi connectivity index (χ0v) is 9.41. The molecule has 2 atom stereocenters. The van der Waals surface area contributed by atoms with Crippen LogP contribution in [-0.2, 0) is 13.0 Å². The molecular weight excluding hydrogens is 210 g/mol. The van der Waals surface area contributed by atoms with E-state index >= 15 is 0 Å². The molecule has 3 rings (SSSR count). The Kier molecular flexibility index (Phi) is 2.44. The molecule has 0 aromatic carbocycles. The number of hydrogen-bond donors (Lipinski definition) is 1. The molecule has 0 radical (unpaired) electrons. The summed E-state index contributed by atoms with van der Waals surface area (Å²) in [6, 6.07) is 0. The molecule has 1 saturated heterocycles. The predicted molar refractivity (Wildman–Crippen MR) is 59.0 cm³/mol. The van der Waals surface area contributed by atoms with Crippen LogP contribution >= 0.6 is 11.8 Å². The summed E-state index contributed by atoms with van der Waals surface area (Å²) >= 11 is 2.00. The Hall–Kier alpha value is -0.550. The number of aliphatic hydroxyl groups excluding tert-OH is 1. The summed E-state index contributed by atoms with van der Waals surface area (Å²) in [7, 11) is 0. The standard InChI is InChI=1S/C10H15N3OS/c14-8-1-3-13-9(5-8)11-12-10(13)7-2-4-15-6-7/h7-8,14H,1-6H2. The summed E-state index contributed by atoms with van der Waals surface area (Å²) in [5.74, 6) is 5.14. The Bertz CT molecular complexity index is 360. The van der Waals surface area contributed by atoms with Crippen molar-refractivity contribution in [2.45, 2.75) is 37.8 Å². The number of fused-ring (bicyclic) bond motifs is 1. The predicted octanol–water partition coefficient (Wildman–Crippen LogP) is 0.806. The van der Waals surface area contributed by atoms with Crippen LogP contribution in [0.25, 0.3) is 0 Å². The fraction of sp³-hybridized carbons (Fsp3) is 0.800. The van der Waals surface area contributed by atoms with Crippen molar-refractivity contribution < 1.29 is 5.11 Å². The molecule has 1 fully saturated rings. The van der Waals surface area contributed by atoms with Crippen LogP contribution in [0.15, 0.2) is 0 Å². The Labute approximate surface area is 93.1 Å². The van der Waals surface area contributed by atoms with Gasteiger partial charge in [0, 0.05) is 24.6 Å². The fourth-order valence-corrected chi connectivity index (χ4v) is 3.59. The molecular formula is C10H15N3OS. The number of aromatic nitrogens is 3. The summed E-state index contributed by atoms with van der Waals surface area (Å²) in [6.07, 6.45) is 2.53. The summed E-state index contributed by atoms with van der Waals surface area (Å²) in [5, 5.41) is 18.0. The van der Waals surface area contributed by atoms with Crippen molar-refractivity contribution in [3.63, 3.8) is 0 Å². The second-order valence-electron chi connectivity index (χ2n) is 4.33. The molecule has 0 bridgehead atoms. The van der Waals surface area contributed by atoms with E-state index in [0.29, 0.717) is 12.3 Å². The first-order chi connectivity index (χ1) is 7.34. The van der Waals surface area contributed by atoms with Crippen molar-refractivity contribution in [3.8, 4) is 0 Å². The van der Waals surface area contributed by atoms with Crippen LogP contribution in [-0.4, -0.2) is 37.5 Å². The van der Waals surface area contributed by atoms with E-state index in [4.69, 9.17) is 0 Å². The molecule has 5 heteroatoms. The third kappa shape index (κ3) is 1.67. The van der Waals surface area contributed by atoms with Gasteiger partial charge in [-0.3, -0.25) is 0 Å². The summed E-state index contributed by atoms with van der Waals surface area (Å²) in [5.41, 5.74) is 0. The van der Waals surface area contributed by atoms with Gasteiger partial charge in [-0.1, -0.05) is 0 Å². The van der Waals surface area contributed by atoms with Crippen molar-refractivity contribution >= 4 is 11.8 Å². The van der Waals surface area contributed by atoms with E-state index in [2.05, 4.69) is 14.8 Å². The van der Waals surface area contributed by atoms with Gasteiger partial charge < -0.3 is 9.67 Å². The lowest BCUT2D eigenvalue weighted by Crippen LogP contribution is -2.25. The van der Waals surface area contributed by atoms with Crippen LogP contribution in [0, 0.1) is 0 Å². The highest BCUT2D eigenvalue weighted by Gasteiger charge is 2.27. The number of rotatable bonds is 1. The van der Waals surface area contributed by atoms with E-state index in [0.717, 1.165) is 24.6 Å². The number of hydrogen-bond acceptors (Lipinski definition) is 4. The molecule has 0 amide bonds. The van der Waals surface area contributed by atoms with Gasteiger partial charge in [-0.05, 0) is 18.6 Å². The first kappa shape index (κ1) is 9.66.